The van der Waals surface area contributed by atoms with Gasteiger partial charge in [0.2, 0.25) is 0 Å². The van der Waals surface area contributed by atoms with Gasteiger partial charge in [-0.3, -0.25) is 9.67 Å². The predicted octanol–water partition coefficient (Wildman–Crippen LogP) is 6.89. The number of nitrogens with zero attached hydrogens (tertiary/aromatic N) is 3. The second kappa shape index (κ2) is 9.79. The average molecular weight is 463 g/mol. The van der Waals surface area contributed by atoms with Crippen LogP contribution in [-0.2, 0) is 19.5 Å². The summed E-state index contributed by atoms with van der Waals surface area (Å²) in [6, 6.07) is 22.4. The summed E-state index contributed by atoms with van der Waals surface area (Å²) in [6.45, 7) is 4.05. The number of pyridine rings is 1. The van der Waals surface area contributed by atoms with E-state index in [2.05, 4.69) is 83.8 Å². The molecule has 1 atom stereocenters. The summed E-state index contributed by atoms with van der Waals surface area (Å²) < 4.78 is 2.14. The van der Waals surface area contributed by atoms with Crippen molar-refractivity contribution in [1.82, 2.24) is 20.1 Å². The maximum absolute atomic E-state index is 5.02. The first-order chi connectivity index (χ1) is 17.2. The summed E-state index contributed by atoms with van der Waals surface area (Å²) in [4.78, 5) is 5.02. The standard InChI is InChI=1S/C31H34N4/c1-22-11-15-28(27-19-33-35(21-27)20-24-9-5-6-10-24)31(34-22)25-13-14-26-18-32-30(29(26)17-25)16-12-23-7-3-2-4-8-23/h2-4,7-8,11,13-15,17,19,21,24,30,32H,5-6,9-10,12,16,18,20H2,1H3. The number of fused-ring (bicyclic) bond motifs is 1. The van der Waals surface area contributed by atoms with Gasteiger partial charge in [-0.05, 0) is 67.3 Å². The van der Waals surface area contributed by atoms with Crippen molar-refractivity contribution in [3.63, 3.8) is 0 Å². The molecule has 2 aromatic heterocycles. The molecule has 35 heavy (non-hydrogen) atoms. The molecule has 4 heteroatoms. The lowest BCUT2D eigenvalue weighted by Crippen LogP contribution is -2.12. The molecule has 1 saturated carbocycles. The van der Waals surface area contributed by atoms with Gasteiger partial charge in [0.25, 0.3) is 0 Å². The second-order valence-corrected chi connectivity index (χ2v) is 10.3. The molecule has 6 rings (SSSR count). The number of benzene rings is 2. The van der Waals surface area contributed by atoms with Crippen LogP contribution in [0.15, 0.2) is 73.1 Å². The van der Waals surface area contributed by atoms with E-state index in [4.69, 9.17) is 10.1 Å². The summed E-state index contributed by atoms with van der Waals surface area (Å²) in [5, 5.41) is 8.45. The van der Waals surface area contributed by atoms with Crippen molar-refractivity contribution in [2.45, 2.75) is 64.6 Å². The Morgan fingerprint density at radius 1 is 0.971 bits per heavy atom. The Morgan fingerprint density at radius 2 is 1.83 bits per heavy atom. The van der Waals surface area contributed by atoms with Crippen LogP contribution in [0.2, 0.25) is 0 Å². The number of hydrogen-bond donors (Lipinski definition) is 1. The molecule has 0 bridgehead atoms. The molecule has 1 aliphatic carbocycles. The van der Waals surface area contributed by atoms with E-state index in [0.717, 1.165) is 48.8 Å². The number of aryl methyl sites for hydroxylation is 2. The minimum absolute atomic E-state index is 0.382. The van der Waals surface area contributed by atoms with Gasteiger partial charge in [-0.25, -0.2) is 0 Å². The van der Waals surface area contributed by atoms with Crippen molar-refractivity contribution in [1.29, 1.82) is 0 Å². The minimum Gasteiger partial charge on any atom is -0.306 e. The Kier molecular flexibility index (Phi) is 6.22. The van der Waals surface area contributed by atoms with Crippen molar-refractivity contribution < 1.29 is 0 Å². The van der Waals surface area contributed by atoms with E-state index in [1.807, 2.05) is 6.20 Å². The first-order valence-electron chi connectivity index (χ1n) is 13.1. The highest BCUT2D eigenvalue weighted by atomic mass is 15.3. The highest BCUT2D eigenvalue weighted by molar-refractivity contribution is 5.80. The summed E-state index contributed by atoms with van der Waals surface area (Å²) in [7, 11) is 0. The Hall–Kier alpha value is -3.24. The molecular formula is C31H34N4. The number of hydrogen-bond acceptors (Lipinski definition) is 3. The molecule has 0 saturated heterocycles. The van der Waals surface area contributed by atoms with Crippen LogP contribution in [0.5, 0.6) is 0 Å². The largest absolute Gasteiger partial charge is 0.306 e. The predicted molar refractivity (Wildman–Crippen MR) is 142 cm³/mol. The lowest BCUT2D eigenvalue weighted by atomic mass is 9.94. The molecular weight excluding hydrogens is 428 g/mol. The maximum atomic E-state index is 5.02. The summed E-state index contributed by atoms with van der Waals surface area (Å²) in [5.41, 5.74) is 9.85. The molecule has 1 unspecified atom stereocenters. The molecule has 4 aromatic rings. The van der Waals surface area contributed by atoms with Crippen molar-refractivity contribution in [3.05, 3.63) is 95.4 Å². The van der Waals surface area contributed by atoms with Gasteiger partial charge in [0, 0.05) is 47.7 Å². The third kappa shape index (κ3) is 4.81. The van der Waals surface area contributed by atoms with Gasteiger partial charge in [0.15, 0.2) is 0 Å². The van der Waals surface area contributed by atoms with Gasteiger partial charge < -0.3 is 5.32 Å². The molecule has 4 nitrogen and oxygen atoms in total. The van der Waals surface area contributed by atoms with Gasteiger partial charge >= 0.3 is 0 Å². The lowest BCUT2D eigenvalue weighted by molar-refractivity contribution is 0.429. The molecule has 0 spiro atoms. The topological polar surface area (TPSA) is 42.7 Å². The molecule has 178 valence electrons. The molecule has 1 N–H and O–H groups in total. The Balaban J connectivity index is 1.28. The van der Waals surface area contributed by atoms with Crippen molar-refractivity contribution >= 4 is 0 Å². The summed E-state index contributed by atoms with van der Waals surface area (Å²) in [6.07, 6.45) is 11.8. The first kappa shape index (κ1) is 22.2. The second-order valence-electron chi connectivity index (χ2n) is 10.3. The zero-order chi connectivity index (χ0) is 23.6. The van der Waals surface area contributed by atoms with Crippen LogP contribution < -0.4 is 5.32 Å². The average Bonchev–Trinajstić information content (AvgIpc) is 3.65. The van der Waals surface area contributed by atoms with E-state index in [1.54, 1.807) is 0 Å². The molecule has 0 radical (unpaired) electrons. The van der Waals surface area contributed by atoms with Gasteiger partial charge in [0.1, 0.15) is 0 Å². The van der Waals surface area contributed by atoms with E-state index in [0.29, 0.717) is 6.04 Å². The Bertz CT molecular complexity index is 1300. The SMILES string of the molecule is Cc1ccc(-c2cnn(CC3CCCC3)c2)c(-c2ccc3c(c2)C(CCc2ccccc2)NC3)n1. The van der Waals surface area contributed by atoms with Crippen LogP contribution in [0.1, 0.15) is 60.5 Å². The van der Waals surface area contributed by atoms with Crippen LogP contribution in [0.25, 0.3) is 22.4 Å². The molecule has 1 aliphatic heterocycles. The monoisotopic (exact) mass is 462 g/mol. The minimum atomic E-state index is 0.382. The zero-order valence-corrected chi connectivity index (χ0v) is 20.6. The fourth-order valence-electron chi connectivity index (χ4n) is 5.85. The molecule has 0 amide bonds. The number of nitrogens with one attached hydrogen (secondary N) is 1. The maximum Gasteiger partial charge on any atom is 0.0784 e. The van der Waals surface area contributed by atoms with Crippen LogP contribution in [0, 0.1) is 12.8 Å². The highest BCUT2D eigenvalue weighted by Gasteiger charge is 2.23. The molecule has 3 heterocycles. The van der Waals surface area contributed by atoms with Gasteiger partial charge in [0.05, 0.1) is 11.9 Å². The fourth-order valence-corrected chi connectivity index (χ4v) is 5.85. The Labute approximate surface area is 208 Å². The van der Waals surface area contributed by atoms with E-state index in [9.17, 15) is 0 Å². The van der Waals surface area contributed by atoms with Gasteiger partial charge in [-0.1, -0.05) is 61.4 Å². The number of rotatable bonds is 7. The third-order valence-corrected chi connectivity index (χ3v) is 7.80. The van der Waals surface area contributed by atoms with E-state index in [-0.39, 0.29) is 0 Å². The van der Waals surface area contributed by atoms with Crippen LogP contribution in [0.4, 0.5) is 0 Å². The van der Waals surface area contributed by atoms with Crippen molar-refractivity contribution in [3.8, 4) is 22.4 Å². The van der Waals surface area contributed by atoms with E-state index in [1.165, 1.54) is 53.5 Å². The third-order valence-electron chi connectivity index (χ3n) is 7.80. The smallest absolute Gasteiger partial charge is 0.0784 e. The molecule has 2 aliphatic rings. The normalized spacial score (nSPS) is 17.7. The first-order valence-corrected chi connectivity index (χ1v) is 13.1. The van der Waals surface area contributed by atoms with Crippen molar-refractivity contribution in [2.75, 3.05) is 0 Å². The fraction of sp³-hybridized carbons (Fsp3) is 0.355. The van der Waals surface area contributed by atoms with E-state index >= 15 is 0 Å². The molecule has 2 aromatic carbocycles. The highest BCUT2D eigenvalue weighted by Crippen LogP contribution is 2.36. The zero-order valence-electron chi connectivity index (χ0n) is 20.6. The van der Waals surface area contributed by atoms with Crippen molar-refractivity contribution in [2.24, 2.45) is 5.92 Å². The quantitative estimate of drug-likeness (QED) is 0.325. The van der Waals surface area contributed by atoms with Crippen LogP contribution in [-0.4, -0.2) is 14.8 Å². The number of aromatic nitrogens is 3. The molecule has 1 fully saturated rings. The van der Waals surface area contributed by atoms with Gasteiger partial charge in [-0.15, -0.1) is 0 Å². The van der Waals surface area contributed by atoms with Gasteiger partial charge in [-0.2, -0.15) is 5.10 Å². The summed E-state index contributed by atoms with van der Waals surface area (Å²) in [5.74, 6) is 0.774. The summed E-state index contributed by atoms with van der Waals surface area (Å²) >= 11 is 0. The van der Waals surface area contributed by atoms with Crippen LogP contribution >= 0.6 is 0 Å². The Morgan fingerprint density at radius 3 is 2.69 bits per heavy atom. The lowest BCUT2D eigenvalue weighted by Gasteiger charge is -2.15. The van der Waals surface area contributed by atoms with Crippen LogP contribution in [0.3, 0.4) is 0 Å². The van der Waals surface area contributed by atoms with E-state index < -0.39 is 0 Å².